The molecule has 0 aliphatic carbocycles. The third-order valence-corrected chi connectivity index (χ3v) is 2.80. The molecule has 0 spiro atoms. The number of hydrogen-bond acceptors (Lipinski definition) is 2. The summed E-state index contributed by atoms with van der Waals surface area (Å²) >= 11 is 0. The van der Waals surface area contributed by atoms with Gasteiger partial charge in [0.05, 0.1) is 0 Å². The minimum atomic E-state index is -0.517. The Morgan fingerprint density at radius 2 is 2.00 bits per heavy atom. The summed E-state index contributed by atoms with van der Waals surface area (Å²) in [6, 6.07) is 1.96. The van der Waals surface area contributed by atoms with E-state index in [9.17, 15) is 9.90 Å². The summed E-state index contributed by atoms with van der Waals surface area (Å²) in [6.45, 7) is 3.66. The Kier molecular flexibility index (Phi) is 4.84. The van der Waals surface area contributed by atoms with Gasteiger partial charge in [0, 0.05) is 15.8 Å². The van der Waals surface area contributed by atoms with E-state index in [1.54, 1.807) is 6.92 Å². The highest BCUT2D eigenvalue weighted by molar-refractivity contribution is 6.10. The highest BCUT2D eigenvalue weighted by Crippen LogP contribution is 2.26. The standard InChI is InChI=1S/C10H12NO2Si.ClH/c1-5-6(2)9(12)3-7(10(11)13)8(5)4-14;/h3,12H,4H2,1-2H3,(H2,11,13);1H. The molecule has 0 aliphatic rings. The van der Waals surface area contributed by atoms with Gasteiger partial charge in [0.25, 0.3) is 0 Å². The summed E-state index contributed by atoms with van der Waals surface area (Å²) < 4.78 is 0. The maximum absolute atomic E-state index is 11.1. The Morgan fingerprint density at radius 1 is 1.47 bits per heavy atom. The number of benzene rings is 1. The summed E-state index contributed by atoms with van der Waals surface area (Å²) in [7, 11) is 3.35. The van der Waals surface area contributed by atoms with E-state index < -0.39 is 5.91 Å². The molecule has 1 aromatic rings. The molecule has 0 atom stereocenters. The minimum absolute atomic E-state index is 0. The van der Waals surface area contributed by atoms with Crippen LogP contribution in [0.1, 0.15) is 27.0 Å². The van der Waals surface area contributed by atoms with Gasteiger partial charge >= 0.3 is 0 Å². The molecule has 1 aromatic carbocycles. The molecule has 0 saturated carbocycles. The van der Waals surface area contributed by atoms with Crippen molar-refractivity contribution in [2.45, 2.75) is 19.9 Å². The van der Waals surface area contributed by atoms with Gasteiger partial charge in [-0.25, -0.2) is 0 Å². The first-order chi connectivity index (χ1) is 6.49. The largest absolute Gasteiger partial charge is 0.508 e. The van der Waals surface area contributed by atoms with E-state index in [-0.39, 0.29) is 18.2 Å². The second-order valence-corrected chi connectivity index (χ2v) is 3.57. The van der Waals surface area contributed by atoms with Crippen LogP contribution in [0.15, 0.2) is 6.07 Å². The minimum Gasteiger partial charge on any atom is -0.508 e. The van der Waals surface area contributed by atoms with Gasteiger partial charge in [0.2, 0.25) is 5.91 Å². The first-order valence-corrected chi connectivity index (χ1v) is 4.96. The van der Waals surface area contributed by atoms with E-state index in [1.807, 2.05) is 6.92 Å². The quantitative estimate of drug-likeness (QED) is 0.766. The lowest BCUT2D eigenvalue weighted by atomic mass is 9.97. The molecule has 5 heteroatoms. The van der Waals surface area contributed by atoms with Crippen LogP contribution in [0.5, 0.6) is 5.75 Å². The Bertz CT molecular complexity index is 393. The SMILES string of the molecule is Cc1c(O)cc(C(N)=O)c(C[Si])c1C.Cl. The maximum Gasteiger partial charge on any atom is 0.249 e. The smallest absolute Gasteiger partial charge is 0.249 e. The first-order valence-electron chi connectivity index (χ1n) is 4.25. The van der Waals surface area contributed by atoms with Crippen molar-refractivity contribution in [1.29, 1.82) is 0 Å². The lowest BCUT2D eigenvalue weighted by Gasteiger charge is -2.12. The van der Waals surface area contributed by atoms with Crippen LogP contribution in [0, 0.1) is 13.8 Å². The van der Waals surface area contributed by atoms with Gasteiger partial charge in [-0.05, 0) is 42.6 Å². The van der Waals surface area contributed by atoms with Gasteiger partial charge in [-0.2, -0.15) is 0 Å². The Morgan fingerprint density at radius 3 is 2.40 bits per heavy atom. The molecule has 0 aliphatic heterocycles. The Balaban J connectivity index is 0.00000196. The second kappa shape index (κ2) is 5.18. The zero-order valence-corrected chi connectivity index (χ0v) is 10.4. The number of primary amides is 1. The van der Waals surface area contributed by atoms with E-state index in [1.165, 1.54) is 6.07 Å². The molecule has 81 valence electrons. The van der Waals surface area contributed by atoms with Crippen LogP contribution >= 0.6 is 12.4 Å². The van der Waals surface area contributed by atoms with E-state index in [4.69, 9.17) is 5.73 Å². The number of aromatic hydroxyl groups is 1. The lowest BCUT2D eigenvalue weighted by Crippen LogP contribution is -2.15. The van der Waals surface area contributed by atoms with E-state index >= 15 is 0 Å². The summed E-state index contributed by atoms with van der Waals surface area (Å²) in [6.07, 6.45) is 0. The molecule has 3 radical (unpaired) electrons. The normalized spacial score (nSPS) is 9.53. The van der Waals surface area contributed by atoms with Crippen molar-refractivity contribution in [2.24, 2.45) is 5.73 Å². The number of rotatable bonds is 2. The second-order valence-electron chi connectivity index (χ2n) is 3.21. The number of nitrogens with two attached hydrogens (primary N) is 1. The Hall–Kier alpha value is -1.00. The van der Waals surface area contributed by atoms with Crippen LogP contribution in [0.2, 0.25) is 0 Å². The van der Waals surface area contributed by atoms with Crippen LogP contribution in [-0.4, -0.2) is 21.3 Å². The van der Waals surface area contributed by atoms with Crippen molar-refractivity contribution in [3.05, 3.63) is 28.3 Å². The fourth-order valence-electron chi connectivity index (χ4n) is 1.40. The van der Waals surface area contributed by atoms with Gasteiger partial charge < -0.3 is 10.8 Å². The van der Waals surface area contributed by atoms with Gasteiger partial charge in [-0.15, -0.1) is 12.4 Å². The molecule has 0 saturated heterocycles. The van der Waals surface area contributed by atoms with Crippen LogP contribution in [-0.2, 0) is 6.04 Å². The number of phenols is 1. The van der Waals surface area contributed by atoms with Crippen LogP contribution in [0.3, 0.4) is 0 Å². The topological polar surface area (TPSA) is 63.3 Å². The molecule has 1 rings (SSSR count). The van der Waals surface area contributed by atoms with Gasteiger partial charge in [0.15, 0.2) is 0 Å². The summed E-state index contributed by atoms with van der Waals surface area (Å²) in [5, 5.41) is 9.53. The summed E-state index contributed by atoms with van der Waals surface area (Å²) in [5.74, 6) is -0.406. The zero-order chi connectivity index (χ0) is 10.9. The first kappa shape index (κ1) is 14.0. The van der Waals surface area contributed by atoms with Crippen LogP contribution < -0.4 is 5.73 Å². The molecule has 0 bridgehead atoms. The molecule has 0 aromatic heterocycles. The van der Waals surface area contributed by atoms with E-state index in [0.29, 0.717) is 11.6 Å². The van der Waals surface area contributed by atoms with Crippen molar-refractivity contribution in [2.75, 3.05) is 0 Å². The molecular weight excluding hydrogens is 230 g/mol. The van der Waals surface area contributed by atoms with Crippen LogP contribution in [0.4, 0.5) is 0 Å². The maximum atomic E-state index is 11.1. The molecule has 3 nitrogen and oxygen atoms in total. The predicted octanol–water partition coefficient (Wildman–Crippen LogP) is 1.20. The third-order valence-electron chi connectivity index (χ3n) is 2.45. The predicted molar refractivity (Wildman–Crippen MR) is 62.8 cm³/mol. The Labute approximate surface area is 98.5 Å². The van der Waals surface area contributed by atoms with Crippen LogP contribution in [0.25, 0.3) is 0 Å². The molecule has 0 unspecified atom stereocenters. The average Bonchev–Trinajstić information content (AvgIpc) is 2.13. The third kappa shape index (κ3) is 2.52. The number of carbonyl (C=O) groups excluding carboxylic acids is 1. The molecule has 0 heterocycles. The highest BCUT2D eigenvalue weighted by atomic mass is 35.5. The van der Waals surface area contributed by atoms with Crippen molar-refractivity contribution in [3.63, 3.8) is 0 Å². The monoisotopic (exact) mass is 242 g/mol. The van der Waals surface area contributed by atoms with Crippen molar-refractivity contribution in [3.8, 4) is 5.75 Å². The zero-order valence-electron chi connectivity index (χ0n) is 8.63. The van der Waals surface area contributed by atoms with E-state index in [0.717, 1.165) is 16.7 Å². The number of hydrogen-bond donors (Lipinski definition) is 2. The van der Waals surface area contributed by atoms with Crippen molar-refractivity contribution in [1.82, 2.24) is 0 Å². The molecule has 0 fully saturated rings. The lowest BCUT2D eigenvalue weighted by molar-refractivity contribution is 0.0999. The molecule has 15 heavy (non-hydrogen) atoms. The van der Waals surface area contributed by atoms with Gasteiger partial charge in [0.1, 0.15) is 5.75 Å². The fourth-order valence-corrected chi connectivity index (χ4v) is 1.86. The summed E-state index contributed by atoms with van der Waals surface area (Å²) in [5.41, 5.74) is 8.10. The number of carbonyl (C=O) groups is 1. The number of amides is 1. The number of halogens is 1. The summed E-state index contributed by atoms with van der Waals surface area (Å²) in [4.78, 5) is 11.1. The highest BCUT2D eigenvalue weighted by Gasteiger charge is 2.13. The van der Waals surface area contributed by atoms with Crippen molar-refractivity contribution >= 4 is 28.6 Å². The van der Waals surface area contributed by atoms with Gasteiger partial charge in [-0.1, -0.05) is 0 Å². The molecule has 3 N–H and O–H groups in total. The van der Waals surface area contributed by atoms with E-state index in [2.05, 4.69) is 10.2 Å². The average molecular weight is 243 g/mol. The van der Waals surface area contributed by atoms with Gasteiger partial charge in [-0.3, -0.25) is 4.79 Å². The molecular formula is C10H13ClNO2Si. The molecule has 1 amide bonds. The fraction of sp³-hybridized carbons (Fsp3) is 0.300. The van der Waals surface area contributed by atoms with Crippen molar-refractivity contribution < 1.29 is 9.90 Å². The number of phenolic OH excluding ortho intramolecular Hbond substituents is 1.